The number of pyridine rings is 1. The minimum atomic E-state index is -0.724. The van der Waals surface area contributed by atoms with Gasteiger partial charge < -0.3 is 16.0 Å². The number of rotatable bonds is 13. The van der Waals surface area contributed by atoms with Crippen LogP contribution < -0.4 is 11.1 Å². The summed E-state index contributed by atoms with van der Waals surface area (Å²) in [5, 5.41) is 2.78. The molecular weight excluding hydrogens is 404 g/mol. The van der Waals surface area contributed by atoms with E-state index in [1.807, 2.05) is 55.5 Å². The van der Waals surface area contributed by atoms with Gasteiger partial charge in [0.05, 0.1) is 5.92 Å². The van der Waals surface area contributed by atoms with Crippen molar-refractivity contribution in [3.8, 4) is 0 Å². The summed E-state index contributed by atoms with van der Waals surface area (Å²) in [5.74, 6) is -1.59. The van der Waals surface area contributed by atoms with Crippen LogP contribution in [0.3, 0.4) is 0 Å². The molecule has 172 valence electrons. The molecule has 1 aromatic heterocycles. The zero-order chi connectivity index (χ0) is 23.3. The number of hydrogen-bond donors (Lipinski definition) is 2. The van der Waals surface area contributed by atoms with E-state index in [2.05, 4.69) is 10.3 Å². The van der Waals surface area contributed by atoms with Gasteiger partial charge in [0, 0.05) is 38.3 Å². The van der Waals surface area contributed by atoms with Gasteiger partial charge in [0.25, 0.3) is 0 Å². The number of benzene rings is 1. The van der Waals surface area contributed by atoms with E-state index in [9.17, 15) is 14.4 Å². The molecule has 2 unspecified atom stereocenters. The van der Waals surface area contributed by atoms with Crippen LogP contribution in [0.2, 0.25) is 0 Å². The van der Waals surface area contributed by atoms with E-state index in [-0.39, 0.29) is 18.2 Å². The first-order valence-electron chi connectivity index (χ1n) is 11.2. The summed E-state index contributed by atoms with van der Waals surface area (Å²) in [6, 6.07) is 14.5. The lowest BCUT2D eigenvalue weighted by atomic mass is 9.94. The van der Waals surface area contributed by atoms with Crippen LogP contribution in [-0.2, 0) is 27.2 Å². The van der Waals surface area contributed by atoms with Crippen LogP contribution in [0, 0.1) is 5.92 Å². The van der Waals surface area contributed by atoms with Crippen molar-refractivity contribution in [1.82, 2.24) is 15.2 Å². The van der Waals surface area contributed by atoms with Crippen LogP contribution in [0.15, 0.2) is 54.7 Å². The van der Waals surface area contributed by atoms with Crippen LogP contribution in [0.4, 0.5) is 0 Å². The van der Waals surface area contributed by atoms with Gasteiger partial charge in [-0.1, -0.05) is 56.2 Å². The average Bonchev–Trinajstić information content (AvgIpc) is 2.80. The fourth-order valence-corrected chi connectivity index (χ4v) is 3.46. The monoisotopic (exact) mass is 438 g/mol. The number of primary amides is 1. The number of amides is 3. The number of likely N-dealkylation sites (N-methyl/N-ethyl adjacent to an activating group) is 1. The van der Waals surface area contributed by atoms with Gasteiger partial charge in [0.15, 0.2) is 0 Å². The Bertz CT molecular complexity index is 858. The Balaban J connectivity index is 2.05. The first-order chi connectivity index (χ1) is 15.4. The van der Waals surface area contributed by atoms with Crippen LogP contribution >= 0.6 is 0 Å². The predicted molar refractivity (Wildman–Crippen MR) is 124 cm³/mol. The van der Waals surface area contributed by atoms with Crippen molar-refractivity contribution in [2.75, 3.05) is 13.6 Å². The SMILES string of the molecule is CCCCC(NC(=O)C(CC(=O)N(C)CCc1ccccn1)Cc1ccccc1)C(N)=O. The zero-order valence-electron chi connectivity index (χ0n) is 19.0. The van der Waals surface area contributed by atoms with Crippen molar-refractivity contribution in [3.05, 3.63) is 66.0 Å². The first-order valence-corrected chi connectivity index (χ1v) is 11.2. The number of nitrogens with one attached hydrogen (secondary N) is 1. The predicted octanol–water partition coefficient (Wildman–Crippen LogP) is 2.49. The number of aromatic nitrogens is 1. The van der Waals surface area contributed by atoms with Gasteiger partial charge in [-0.05, 0) is 30.5 Å². The molecule has 0 fully saturated rings. The minimum absolute atomic E-state index is 0.0543. The third kappa shape index (κ3) is 8.49. The maximum Gasteiger partial charge on any atom is 0.239 e. The molecule has 0 aliphatic rings. The van der Waals surface area contributed by atoms with E-state index < -0.39 is 17.9 Å². The summed E-state index contributed by atoms with van der Waals surface area (Å²) in [6.07, 6.45) is 5.00. The molecule has 1 aromatic carbocycles. The molecule has 0 radical (unpaired) electrons. The molecular formula is C25H34N4O3. The number of nitrogens with zero attached hydrogens (tertiary/aromatic N) is 2. The molecule has 1 heterocycles. The molecule has 2 aromatic rings. The van der Waals surface area contributed by atoms with Gasteiger partial charge in [0.1, 0.15) is 6.04 Å². The van der Waals surface area contributed by atoms with Crippen molar-refractivity contribution in [1.29, 1.82) is 0 Å². The largest absolute Gasteiger partial charge is 0.368 e. The summed E-state index contributed by atoms with van der Waals surface area (Å²) >= 11 is 0. The van der Waals surface area contributed by atoms with E-state index in [0.717, 1.165) is 24.1 Å². The lowest BCUT2D eigenvalue weighted by Gasteiger charge is -2.23. The standard InChI is InChI=1S/C25H34N4O3/c1-3-4-13-22(24(26)31)28-25(32)20(17-19-10-6-5-7-11-19)18-23(30)29(2)16-14-21-12-8-9-15-27-21/h5-12,15,20,22H,3-4,13-14,16-18H2,1-2H3,(H2,26,31)(H,28,32). The smallest absolute Gasteiger partial charge is 0.239 e. The molecule has 3 amide bonds. The van der Waals surface area contributed by atoms with Crippen LogP contribution in [0.25, 0.3) is 0 Å². The normalized spacial score (nSPS) is 12.6. The molecule has 0 saturated heterocycles. The Hall–Kier alpha value is -3.22. The summed E-state index contributed by atoms with van der Waals surface area (Å²) in [5.41, 5.74) is 7.36. The highest BCUT2D eigenvalue weighted by molar-refractivity contribution is 5.90. The van der Waals surface area contributed by atoms with Gasteiger partial charge in [-0.15, -0.1) is 0 Å². The molecule has 2 atom stereocenters. The topological polar surface area (TPSA) is 105 Å². The third-order valence-electron chi connectivity index (χ3n) is 5.48. The lowest BCUT2D eigenvalue weighted by molar-refractivity contribution is -0.136. The first kappa shape index (κ1) is 25.0. The second-order valence-corrected chi connectivity index (χ2v) is 8.08. The minimum Gasteiger partial charge on any atom is -0.368 e. The van der Waals surface area contributed by atoms with E-state index in [4.69, 9.17) is 5.73 Å². The molecule has 32 heavy (non-hydrogen) atoms. The molecule has 0 spiro atoms. The van der Waals surface area contributed by atoms with Crippen molar-refractivity contribution in [2.24, 2.45) is 11.7 Å². The molecule has 2 rings (SSSR count). The van der Waals surface area contributed by atoms with Gasteiger partial charge in [-0.3, -0.25) is 19.4 Å². The molecule has 7 nitrogen and oxygen atoms in total. The summed E-state index contributed by atoms with van der Waals surface area (Å²) in [6.45, 7) is 2.52. The van der Waals surface area contributed by atoms with E-state index in [1.165, 1.54) is 0 Å². The van der Waals surface area contributed by atoms with Crippen molar-refractivity contribution in [3.63, 3.8) is 0 Å². The average molecular weight is 439 g/mol. The number of carbonyl (C=O) groups excluding carboxylic acids is 3. The fourth-order valence-electron chi connectivity index (χ4n) is 3.46. The Morgan fingerprint density at radius 1 is 1.09 bits per heavy atom. The molecule has 0 bridgehead atoms. The molecule has 7 heteroatoms. The summed E-state index contributed by atoms with van der Waals surface area (Å²) < 4.78 is 0. The number of carbonyl (C=O) groups is 3. The highest BCUT2D eigenvalue weighted by atomic mass is 16.2. The van der Waals surface area contributed by atoms with Crippen LogP contribution in [0.1, 0.15) is 43.9 Å². The molecule has 0 aliphatic carbocycles. The maximum absolute atomic E-state index is 13.1. The van der Waals surface area contributed by atoms with E-state index in [1.54, 1.807) is 18.1 Å². The highest BCUT2D eigenvalue weighted by Gasteiger charge is 2.27. The highest BCUT2D eigenvalue weighted by Crippen LogP contribution is 2.15. The van der Waals surface area contributed by atoms with Crippen LogP contribution in [-0.4, -0.2) is 47.2 Å². The Kier molecular flexibility index (Phi) is 10.4. The number of unbranched alkanes of at least 4 members (excludes halogenated alkanes) is 1. The van der Waals surface area contributed by atoms with Gasteiger partial charge in [-0.2, -0.15) is 0 Å². The van der Waals surface area contributed by atoms with Crippen LogP contribution in [0.5, 0.6) is 0 Å². The second-order valence-electron chi connectivity index (χ2n) is 8.08. The van der Waals surface area contributed by atoms with Crippen molar-refractivity contribution in [2.45, 2.75) is 51.5 Å². The molecule has 3 N–H and O–H groups in total. The third-order valence-corrected chi connectivity index (χ3v) is 5.48. The van der Waals surface area contributed by atoms with E-state index >= 15 is 0 Å². The Labute approximate surface area is 190 Å². The Morgan fingerprint density at radius 2 is 1.81 bits per heavy atom. The summed E-state index contributed by atoms with van der Waals surface area (Å²) in [4.78, 5) is 43.7. The number of nitrogens with two attached hydrogens (primary N) is 1. The Morgan fingerprint density at radius 3 is 2.44 bits per heavy atom. The maximum atomic E-state index is 13.1. The van der Waals surface area contributed by atoms with Crippen molar-refractivity contribution < 1.29 is 14.4 Å². The quantitative estimate of drug-likeness (QED) is 0.501. The summed E-state index contributed by atoms with van der Waals surface area (Å²) in [7, 11) is 1.73. The second kappa shape index (κ2) is 13.2. The van der Waals surface area contributed by atoms with Gasteiger partial charge >= 0.3 is 0 Å². The van der Waals surface area contributed by atoms with Gasteiger partial charge in [-0.25, -0.2) is 0 Å². The number of hydrogen-bond acceptors (Lipinski definition) is 4. The molecule has 0 saturated carbocycles. The fraction of sp³-hybridized carbons (Fsp3) is 0.440. The van der Waals surface area contributed by atoms with Gasteiger partial charge in [0.2, 0.25) is 17.7 Å². The van der Waals surface area contributed by atoms with E-state index in [0.29, 0.717) is 25.8 Å². The van der Waals surface area contributed by atoms with Crippen molar-refractivity contribution >= 4 is 17.7 Å². The lowest BCUT2D eigenvalue weighted by Crippen LogP contribution is -2.47. The molecule has 0 aliphatic heterocycles. The zero-order valence-corrected chi connectivity index (χ0v) is 19.0.